The van der Waals surface area contributed by atoms with Gasteiger partial charge in [0.2, 0.25) is 0 Å². The Hall–Kier alpha value is -2.42. The highest BCUT2D eigenvalue weighted by atomic mass is 32.1. The molecule has 0 unspecified atom stereocenters. The number of rotatable bonds is 3. The molecule has 3 rings (SSSR count). The molecule has 0 fully saturated rings. The first-order valence-electron chi connectivity index (χ1n) is 6.87. The van der Waals surface area contributed by atoms with Gasteiger partial charge in [0.25, 0.3) is 12.0 Å². The second-order valence-corrected chi connectivity index (χ2v) is 5.39. The van der Waals surface area contributed by atoms with E-state index < -0.39 is 12.0 Å². The maximum Gasteiger partial charge on any atom is 0.264 e. The SMILES string of the molecule is CCn1cc(-c2cc(C(F)F)c3c(=O)[nH]c(=S)n(C)c3n2)cn1. The van der Waals surface area contributed by atoms with E-state index in [1.807, 2.05) is 6.92 Å². The molecule has 0 amide bonds. The normalized spacial score (nSPS) is 11.5. The maximum atomic E-state index is 13.4. The summed E-state index contributed by atoms with van der Waals surface area (Å²) in [6.07, 6.45) is 0.456. The Balaban J connectivity index is 2.40. The highest BCUT2D eigenvalue weighted by Gasteiger charge is 2.19. The van der Waals surface area contributed by atoms with Gasteiger partial charge in [-0.15, -0.1) is 0 Å². The van der Waals surface area contributed by atoms with Crippen molar-refractivity contribution in [1.82, 2.24) is 24.3 Å². The molecule has 23 heavy (non-hydrogen) atoms. The van der Waals surface area contributed by atoms with Crippen molar-refractivity contribution in [1.29, 1.82) is 0 Å². The van der Waals surface area contributed by atoms with E-state index in [1.165, 1.54) is 10.6 Å². The van der Waals surface area contributed by atoms with E-state index >= 15 is 0 Å². The zero-order valence-electron chi connectivity index (χ0n) is 12.4. The van der Waals surface area contributed by atoms with Gasteiger partial charge in [0.1, 0.15) is 5.65 Å². The third kappa shape index (κ3) is 2.56. The van der Waals surface area contributed by atoms with Crippen LogP contribution in [0, 0.1) is 4.77 Å². The fraction of sp³-hybridized carbons (Fsp3) is 0.286. The molecule has 9 heteroatoms. The number of aryl methyl sites for hydroxylation is 2. The molecule has 0 aromatic carbocycles. The predicted octanol–water partition coefficient (Wildman–Crippen LogP) is 2.81. The molecule has 120 valence electrons. The van der Waals surface area contributed by atoms with Crippen LogP contribution in [0.4, 0.5) is 8.78 Å². The molecule has 0 saturated heterocycles. The number of pyridine rings is 1. The number of hydrogen-bond acceptors (Lipinski definition) is 4. The Labute approximate surface area is 134 Å². The quantitative estimate of drug-likeness (QED) is 0.746. The summed E-state index contributed by atoms with van der Waals surface area (Å²) in [5, 5.41) is 3.97. The van der Waals surface area contributed by atoms with Gasteiger partial charge in [-0.25, -0.2) is 13.8 Å². The van der Waals surface area contributed by atoms with Gasteiger partial charge in [-0.05, 0) is 25.2 Å². The van der Waals surface area contributed by atoms with Gasteiger partial charge in [-0.3, -0.25) is 14.5 Å². The van der Waals surface area contributed by atoms with Crippen LogP contribution in [0.1, 0.15) is 18.9 Å². The number of H-pyrrole nitrogens is 1. The number of halogens is 2. The van der Waals surface area contributed by atoms with Gasteiger partial charge in [0, 0.05) is 30.9 Å². The summed E-state index contributed by atoms with van der Waals surface area (Å²) in [5.41, 5.74) is 0.00329. The van der Waals surface area contributed by atoms with Crippen LogP contribution in [0.2, 0.25) is 0 Å². The van der Waals surface area contributed by atoms with Crippen molar-refractivity contribution in [2.75, 3.05) is 0 Å². The van der Waals surface area contributed by atoms with Gasteiger partial charge >= 0.3 is 0 Å². The molecule has 3 aromatic rings. The van der Waals surface area contributed by atoms with Crippen LogP contribution >= 0.6 is 12.2 Å². The third-order valence-corrected chi connectivity index (χ3v) is 3.96. The smallest absolute Gasteiger partial charge is 0.264 e. The van der Waals surface area contributed by atoms with E-state index in [1.54, 1.807) is 24.1 Å². The molecular weight excluding hydrogens is 324 g/mol. The molecule has 0 spiro atoms. The summed E-state index contributed by atoms with van der Waals surface area (Å²) < 4.78 is 30.1. The molecule has 6 nitrogen and oxygen atoms in total. The van der Waals surface area contributed by atoms with Gasteiger partial charge in [0.15, 0.2) is 4.77 Å². The van der Waals surface area contributed by atoms with Crippen molar-refractivity contribution >= 4 is 23.3 Å². The van der Waals surface area contributed by atoms with Crippen molar-refractivity contribution < 1.29 is 8.78 Å². The summed E-state index contributed by atoms with van der Waals surface area (Å²) >= 11 is 5.02. The molecule has 1 N–H and O–H groups in total. The highest BCUT2D eigenvalue weighted by Crippen LogP contribution is 2.29. The van der Waals surface area contributed by atoms with E-state index in [9.17, 15) is 13.6 Å². The Morgan fingerprint density at radius 3 is 2.78 bits per heavy atom. The third-order valence-electron chi connectivity index (χ3n) is 3.59. The molecule has 0 saturated carbocycles. The lowest BCUT2D eigenvalue weighted by atomic mass is 10.1. The van der Waals surface area contributed by atoms with E-state index in [-0.39, 0.29) is 21.4 Å². The highest BCUT2D eigenvalue weighted by molar-refractivity contribution is 7.71. The Morgan fingerprint density at radius 1 is 1.43 bits per heavy atom. The number of aromatic nitrogens is 5. The number of hydrogen-bond donors (Lipinski definition) is 1. The van der Waals surface area contributed by atoms with Crippen molar-refractivity contribution in [3.05, 3.63) is 39.1 Å². The van der Waals surface area contributed by atoms with Gasteiger partial charge in [-0.2, -0.15) is 5.10 Å². The molecule has 3 heterocycles. The molecular formula is C14H13F2N5OS. The molecule has 0 aliphatic rings. The van der Waals surface area contributed by atoms with E-state index in [0.29, 0.717) is 17.8 Å². The first-order valence-corrected chi connectivity index (χ1v) is 7.28. The van der Waals surface area contributed by atoms with Crippen LogP contribution < -0.4 is 5.56 Å². The Bertz CT molecular complexity index is 1000. The van der Waals surface area contributed by atoms with Crippen LogP contribution in [-0.2, 0) is 13.6 Å². The second-order valence-electron chi connectivity index (χ2n) is 5.00. The van der Waals surface area contributed by atoms with Crippen molar-refractivity contribution in [3.63, 3.8) is 0 Å². The molecule has 0 aliphatic carbocycles. The van der Waals surface area contributed by atoms with Crippen LogP contribution in [0.15, 0.2) is 23.3 Å². The fourth-order valence-corrected chi connectivity index (χ4v) is 2.53. The number of nitrogens with zero attached hydrogens (tertiary/aromatic N) is 4. The van der Waals surface area contributed by atoms with E-state index in [0.717, 1.165) is 0 Å². The van der Waals surface area contributed by atoms with Crippen LogP contribution in [0.5, 0.6) is 0 Å². The van der Waals surface area contributed by atoms with Crippen LogP contribution in [0.25, 0.3) is 22.3 Å². The topological polar surface area (TPSA) is 68.5 Å². The molecule has 0 atom stereocenters. The summed E-state index contributed by atoms with van der Waals surface area (Å²) in [6, 6.07) is 1.22. The first-order chi connectivity index (χ1) is 10.9. The zero-order chi connectivity index (χ0) is 16.7. The average molecular weight is 337 g/mol. The lowest BCUT2D eigenvalue weighted by molar-refractivity contribution is 0.153. The van der Waals surface area contributed by atoms with E-state index in [2.05, 4.69) is 15.1 Å². The van der Waals surface area contributed by atoms with Gasteiger partial charge < -0.3 is 4.57 Å². The summed E-state index contributed by atoms with van der Waals surface area (Å²) in [7, 11) is 1.57. The van der Waals surface area contributed by atoms with Gasteiger partial charge in [0.05, 0.1) is 17.3 Å². The lowest BCUT2D eigenvalue weighted by Gasteiger charge is -2.10. The molecule has 0 radical (unpaired) electrons. The number of fused-ring (bicyclic) bond motifs is 1. The van der Waals surface area contributed by atoms with Crippen molar-refractivity contribution in [3.8, 4) is 11.3 Å². The minimum absolute atomic E-state index is 0.121. The monoisotopic (exact) mass is 337 g/mol. The standard InChI is InChI=1S/C14H13F2N5OS/c1-3-21-6-7(5-17-21)9-4-8(11(15)16)10-12(18-9)20(2)14(23)19-13(10)22/h4-6,11H,3H2,1-2H3,(H,19,22,23). The van der Waals surface area contributed by atoms with Crippen LogP contribution in [0.3, 0.4) is 0 Å². The zero-order valence-corrected chi connectivity index (χ0v) is 13.2. The summed E-state index contributed by atoms with van der Waals surface area (Å²) in [6.45, 7) is 2.57. The Morgan fingerprint density at radius 2 is 2.17 bits per heavy atom. The lowest BCUT2D eigenvalue weighted by Crippen LogP contribution is -2.16. The average Bonchev–Trinajstić information content (AvgIpc) is 3.00. The fourth-order valence-electron chi connectivity index (χ4n) is 2.35. The molecule has 0 aliphatic heterocycles. The van der Waals surface area contributed by atoms with Crippen molar-refractivity contribution in [2.24, 2.45) is 7.05 Å². The summed E-state index contributed by atoms with van der Waals surface area (Å²) in [4.78, 5) is 18.8. The first kappa shape index (κ1) is 15.5. The largest absolute Gasteiger partial charge is 0.306 e. The number of aromatic amines is 1. The van der Waals surface area contributed by atoms with Gasteiger partial charge in [-0.1, -0.05) is 0 Å². The molecule has 0 bridgehead atoms. The Kier molecular flexibility index (Phi) is 3.80. The number of alkyl halides is 2. The van der Waals surface area contributed by atoms with Crippen molar-refractivity contribution in [2.45, 2.75) is 19.9 Å². The minimum Gasteiger partial charge on any atom is -0.306 e. The second kappa shape index (κ2) is 5.65. The predicted molar refractivity (Wildman–Crippen MR) is 84.0 cm³/mol. The minimum atomic E-state index is -2.81. The summed E-state index contributed by atoms with van der Waals surface area (Å²) in [5.74, 6) is 0. The molecule has 3 aromatic heterocycles. The van der Waals surface area contributed by atoms with Crippen LogP contribution in [-0.4, -0.2) is 24.3 Å². The maximum absolute atomic E-state index is 13.4. The van der Waals surface area contributed by atoms with E-state index in [4.69, 9.17) is 12.2 Å². The number of nitrogens with one attached hydrogen (secondary N) is 1.